The Morgan fingerprint density at radius 1 is 1.38 bits per heavy atom. The highest BCUT2D eigenvalue weighted by molar-refractivity contribution is 6.32. The Labute approximate surface area is 155 Å². The van der Waals surface area contributed by atoms with Crippen molar-refractivity contribution < 1.29 is 18.9 Å². The number of carbonyl (C=O) groups is 2. The van der Waals surface area contributed by atoms with Gasteiger partial charge in [0.2, 0.25) is 11.9 Å². The summed E-state index contributed by atoms with van der Waals surface area (Å²) in [6, 6.07) is 4.63. The third-order valence-electron chi connectivity index (χ3n) is 4.96. The van der Waals surface area contributed by atoms with Crippen molar-refractivity contribution in [1.82, 2.24) is 9.80 Å². The predicted octanol–water partition coefficient (Wildman–Crippen LogP) is 1.23. The summed E-state index contributed by atoms with van der Waals surface area (Å²) in [4.78, 5) is 34.5. The number of likely N-dealkylation sites (N-methyl/N-ethyl adjacent to an activating group) is 2. The molecular formula is C17H19ClN5O3+. The minimum atomic E-state index is -0.550. The van der Waals surface area contributed by atoms with Crippen molar-refractivity contribution in [1.29, 1.82) is 0 Å². The van der Waals surface area contributed by atoms with Gasteiger partial charge in [-0.25, -0.2) is 14.3 Å². The summed E-state index contributed by atoms with van der Waals surface area (Å²) >= 11 is 6.25. The summed E-state index contributed by atoms with van der Waals surface area (Å²) in [5, 5.41) is 0.507. The van der Waals surface area contributed by atoms with Crippen LogP contribution in [0.25, 0.3) is 0 Å². The monoisotopic (exact) mass is 376 g/mol. The third-order valence-corrected chi connectivity index (χ3v) is 5.25. The minimum absolute atomic E-state index is 0.223. The fraction of sp³-hybridized carbons (Fsp3) is 0.412. The molecule has 0 aromatic heterocycles. The van der Waals surface area contributed by atoms with Crippen molar-refractivity contribution in [3.8, 4) is 5.75 Å². The molecule has 3 aliphatic heterocycles. The summed E-state index contributed by atoms with van der Waals surface area (Å²) in [5.74, 6) is 1.52. The number of hydrogen-bond acceptors (Lipinski definition) is 5. The zero-order valence-corrected chi connectivity index (χ0v) is 15.5. The zero-order valence-electron chi connectivity index (χ0n) is 14.8. The number of halogens is 1. The maximum atomic E-state index is 12.8. The molecule has 3 heterocycles. The molecule has 0 bridgehead atoms. The van der Waals surface area contributed by atoms with Crippen molar-refractivity contribution in [2.45, 2.75) is 13.0 Å². The lowest BCUT2D eigenvalue weighted by Crippen LogP contribution is -2.62. The van der Waals surface area contributed by atoms with Crippen molar-refractivity contribution in [3.05, 3.63) is 23.2 Å². The number of guanidine groups is 1. The molecule has 1 aromatic rings. The van der Waals surface area contributed by atoms with Crippen LogP contribution in [0.2, 0.25) is 5.02 Å². The number of amides is 3. The number of aliphatic imine (C=N–C) groups is 1. The van der Waals surface area contributed by atoms with Gasteiger partial charge in [0.05, 0.1) is 18.7 Å². The molecular weight excluding hydrogens is 358 g/mol. The maximum absolute atomic E-state index is 12.8. The standard InChI is InChI=1S/C17H19ClN5O3/c1-4-21-15(24)13-14(20(2)17(21)25)19-16-22(7-8-23(13)16)10-5-6-12(26-3)11(18)9-10/h5-6,9,13H,4,7-8H2,1-3H3/q+1. The van der Waals surface area contributed by atoms with Crippen LogP contribution in [0.15, 0.2) is 23.2 Å². The molecule has 0 spiro atoms. The smallest absolute Gasteiger partial charge is 0.397 e. The van der Waals surface area contributed by atoms with E-state index in [1.54, 1.807) is 27.1 Å². The molecule has 136 valence electrons. The van der Waals surface area contributed by atoms with E-state index in [0.717, 1.165) is 5.69 Å². The Morgan fingerprint density at radius 2 is 2.15 bits per heavy atom. The molecule has 9 heteroatoms. The Kier molecular flexibility index (Phi) is 3.87. The van der Waals surface area contributed by atoms with E-state index in [-0.39, 0.29) is 11.9 Å². The van der Waals surface area contributed by atoms with E-state index < -0.39 is 6.04 Å². The van der Waals surface area contributed by atoms with Gasteiger partial charge in [-0.1, -0.05) is 16.6 Å². The summed E-state index contributed by atoms with van der Waals surface area (Å²) in [7, 11) is 3.22. The molecule has 1 fully saturated rings. The number of amidine groups is 1. The van der Waals surface area contributed by atoms with Crippen LogP contribution in [0.5, 0.6) is 5.75 Å². The number of benzene rings is 1. The summed E-state index contributed by atoms with van der Waals surface area (Å²) in [6.07, 6.45) is 0. The Bertz CT molecular complexity index is 881. The summed E-state index contributed by atoms with van der Waals surface area (Å²) in [5.41, 5.74) is 0.866. The molecule has 3 aliphatic rings. The number of rotatable bonds is 3. The summed E-state index contributed by atoms with van der Waals surface area (Å²) < 4.78 is 7.15. The first kappa shape index (κ1) is 16.8. The second kappa shape index (κ2) is 5.98. The number of carbonyl (C=O) groups excluding carboxylic acids is 2. The van der Waals surface area contributed by atoms with Crippen LogP contribution in [0.1, 0.15) is 6.92 Å². The zero-order chi connectivity index (χ0) is 18.6. The molecule has 1 unspecified atom stereocenters. The third kappa shape index (κ3) is 2.21. The second-order valence-electron chi connectivity index (χ2n) is 6.26. The molecule has 8 nitrogen and oxygen atoms in total. The highest BCUT2D eigenvalue weighted by Crippen LogP contribution is 2.32. The SMILES string of the molecule is CCN1C(=O)C2C(=NC3=[N+]2CCN3c2ccc(OC)c(Cl)c2)N(C)C1=O. The van der Waals surface area contributed by atoms with E-state index in [2.05, 4.69) is 4.99 Å². The topological polar surface area (TPSA) is 68.5 Å². The van der Waals surface area contributed by atoms with Gasteiger partial charge in [-0.2, -0.15) is 0 Å². The lowest BCUT2D eigenvalue weighted by molar-refractivity contribution is -0.525. The van der Waals surface area contributed by atoms with Gasteiger partial charge in [0.1, 0.15) is 18.0 Å². The molecule has 1 atom stereocenters. The molecule has 0 aliphatic carbocycles. The number of methoxy groups -OCH3 is 1. The van der Waals surface area contributed by atoms with E-state index in [4.69, 9.17) is 16.3 Å². The van der Waals surface area contributed by atoms with Crippen LogP contribution >= 0.6 is 11.6 Å². The van der Waals surface area contributed by atoms with Crippen molar-refractivity contribution in [2.75, 3.05) is 38.7 Å². The van der Waals surface area contributed by atoms with Gasteiger partial charge in [-0.15, -0.1) is 0 Å². The molecule has 0 radical (unpaired) electrons. The fourth-order valence-electron chi connectivity index (χ4n) is 3.62. The van der Waals surface area contributed by atoms with E-state index in [9.17, 15) is 9.59 Å². The number of urea groups is 1. The minimum Gasteiger partial charge on any atom is -0.495 e. The maximum Gasteiger partial charge on any atom is 0.397 e. The molecule has 0 saturated carbocycles. The lowest BCUT2D eigenvalue weighted by Gasteiger charge is -2.33. The molecule has 4 rings (SSSR count). The number of ether oxygens (including phenoxy) is 1. The molecule has 3 amide bonds. The van der Waals surface area contributed by atoms with Crippen LogP contribution in [-0.2, 0) is 4.79 Å². The van der Waals surface area contributed by atoms with Gasteiger partial charge in [0.15, 0.2) is 0 Å². The van der Waals surface area contributed by atoms with E-state index in [0.29, 0.717) is 42.2 Å². The summed E-state index contributed by atoms with van der Waals surface area (Å²) in [6.45, 7) is 3.46. The van der Waals surface area contributed by atoms with Gasteiger partial charge in [0.25, 0.3) is 5.91 Å². The van der Waals surface area contributed by atoms with Crippen LogP contribution in [0.4, 0.5) is 10.5 Å². The van der Waals surface area contributed by atoms with Crippen LogP contribution in [-0.4, -0.2) is 77.9 Å². The molecule has 1 saturated heterocycles. The Hall–Kier alpha value is -2.61. The van der Waals surface area contributed by atoms with Gasteiger partial charge in [-0.3, -0.25) is 14.6 Å². The number of imide groups is 1. The van der Waals surface area contributed by atoms with Gasteiger partial charge >= 0.3 is 12.0 Å². The molecule has 0 N–H and O–H groups in total. The van der Waals surface area contributed by atoms with Crippen LogP contribution in [0.3, 0.4) is 0 Å². The van der Waals surface area contributed by atoms with Crippen molar-refractivity contribution in [2.24, 2.45) is 4.99 Å². The van der Waals surface area contributed by atoms with Crippen LogP contribution < -0.4 is 9.64 Å². The highest BCUT2D eigenvalue weighted by Gasteiger charge is 2.55. The number of hydrogen-bond donors (Lipinski definition) is 0. The number of fused-ring (bicyclic) bond motifs is 2. The first-order valence-electron chi connectivity index (χ1n) is 8.40. The van der Waals surface area contributed by atoms with E-state index >= 15 is 0 Å². The molecule has 1 aromatic carbocycles. The quantitative estimate of drug-likeness (QED) is 0.744. The van der Waals surface area contributed by atoms with E-state index in [1.165, 1.54) is 9.80 Å². The van der Waals surface area contributed by atoms with Crippen LogP contribution in [0, 0.1) is 0 Å². The Morgan fingerprint density at radius 3 is 2.81 bits per heavy atom. The fourth-order valence-corrected chi connectivity index (χ4v) is 3.87. The lowest BCUT2D eigenvalue weighted by atomic mass is 10.1. The molecule has 26 heavy (non-hydrogen) atoms. The predicted molar refractivity (Wildman–Crippen MR) is 97.3 cm³/mol. The van der Waals surface area contributed by atoms with Crippen molar-refractivity contribution >= 4 is 41.0 Å². The average molecular weight is 377 g/mol. The normalized spacial score (nSPS) is 22.1. The second-order valence-corrected chi connectivity index (χ2v) is 6.67. The highest BCUT2D eigenvalue weighted by atomic mass is 35.5. The van der Waals surface area contributed by atoms with Crippen molar-refractivity contribution in [3.63, 3.8) is 0 Å². The first-order chi connectivity index (χ1) is 12.5. The van der Waals surface area contributed by atoms with Gasteiger partial charge in [-0.05, 0) is 25.1 Å². The largest absolute Gasteiger partial charge is 0.495 e. The van der Waals surface area contributed by atoms with Gasteiger partial charge in [0, 0.05) is 13.6 Å². The van der Waals surface area contributed by atoms with E-state index in [1.807, 2.05) is 21.6 Å². The average Bonchev–Trinajstić information content (AvgIpc) is 3.19. The van der Waals surface area contributed by atoms with Gasteiger partial charge < -0.3 is 4.74 Å². The number of anilines is 1. The first-order valence-corrected chi connectivity index (χ1v) is 8.78. The Balaban J connectivity index is 1.73. The number of nitrogens with zero attached hydrogens (tertiary/aromatic N) is 5.